The Kier molecular flexibility index (Phi) is 4.32. The monoisotopic (exact) mass is 278 g/mol. The third-order valence-corrected chi connectivity index (χ3v) is 3.43. The topological polar surface area (TPSA) is 57.6 Å². The van der Waals surface area contributed by atoms with Gasteiger partial charge in [-0.1, -0.05) is 0 Å². The smallest absolute Gasteiger partial charge is 0.317 e. The normalized spacial score (nSPS) is 15.6. The molecular weight excluding hydrogens is 256 g/mol. The Morgan fingerprint density at radius 1 is 1.15 bits per heavy atom. The van der Waals surface area contributed by atoms with Crippen molar-refractivity contribution in [3.63, 3.8) is 0 Å². The van der Waals surface area contributed by atoms with E-state index in [4.69, 9.17) is 0 Å². The van der Waals surface area contributed by atoms with E-state index in [0.717, 1.165) is 0 Å². The Balaban J connectivity index is 1.90. The van der Waals surface area contributed by atoms with Crippen LogP contribution in [-0.4, -0.2) is 58.5 Å². The van der Waals surface area contributed by atoms with Gasteiger partial charge in [0.25, 0.3) is 5.91 Å². The molecule has 0 atom stereocenters. The van der Waals surface area contributed by atoms with Crippen LogP contribution in [0.2, 0.25) is 0 Å². The molecule has 1 aromatic rings. The van der Waals surface area contributed by atoms with E-state index >= 15 is 0 Å². The lowest BCUT2D eigenvalue weighted by Gasteiger charge is -2.35. The number of rotatable bonds is 2. The van der Waals surface area contributed by atoms with Crippen molar-refractivity contribution in [2.24, 2.45) is 7.05 Å². The molecule has 1 N–H and O–H groups in total. The zero-order valence-electron chi connectivity index (χ0n) is 12.3. The van der Waals surface area contributed by atoms with Gasteiger partial charge < -0.3 is 19.7 Å². The van der Waals surface area contributed by atoms with Gasteiger partial charge in [0.1, 0.15) is 5.69 Å². The lowest BCUT2D eigenvalue weighted by Crippen LogP contribution is -2.54. The summed E-state index contributed by atoms with van der Waals surface area (Å²) in [6, 6.07) is 3.76. The van der Waals surface area contributed by atoms with Crippen molar-refractivity contribution < 1.29 is 9.59 Å². The predicted molar refractivity (Wildman–Crippen MR) is 76.6 cm³/mol. The first-order valence-electron chi connectivity index (χ1n) is 6.95. The van der Waals surface area contributed by atoms with E-state index in [0.29, 0.717) is 31.9 Å². The molecule has 2 heterocycles. The van der Waals surface area contributed by atoms with E-state index in [1.807, 2.05) is 43.8 Å². The van der Waals surface area contributed by atoms with Gasteiger partial charge in [-0.25, -0.2) is 4.79 Å². The van der Waals surface area contributed by atoms with Crippen LogP contribution >= 0.6 is 0 Å². The molecule has 2 rings (SSSR count). The average Bonchev–Trinajstić information content (AvgIpc) is 2.83. The van der Waals surface area contributed by atoms with Crippen molar-refractivity contribution >= 4 is 11.9 Å². The first kappa shape index (κ1) is 14.4. The number of aryl methyl sites for hydroxylation is 1. The second-order valence-corrected chi connectivity index (χ2v) is 5.39. The van der Waals surface area contributed by atoms with E-state index in [2.05, 4.69) is 5.32 Å². The Hall–Kier alpha value is -1.98. The molecule has 1 aliphatic heterocycles. The molecule has 6 heteroatoms. The summed E-state index contributed by atoms with van der Waals surface area (Å²) in [6.45, 7) is 6.19. The molecule has 0 radical (unpaired) electrons. The third kappa shape index (κ3) is 3.12. The van der Waals surface area contributed by atoms with Crippen LogP contribution in [0, 0.1) is 0 Å². The summed E-state index contributed by atoms with van der Waals surface area (Å²) in [5.41, 5.74) is 0.685. The summed E-state index contributed by atoms with van der Waals surface area (Å²) >= 11 is 0. The molecule has 1 saturated heterocycles. The van der Waals surface area contributed by atoms with E-state index in [9.17, 15) is 9.59 Å². The van der Waals surface area contributed by atoms with Crippen molar-refractivity contribution in [2.75, 3.05) is 26.2 Å². The summed E-state index contributed by atoms with van der Waals surface area (Å²) in [7, 11) is 1.86. The van der Waals surface area contributed by atoms with Crippen LogP contribution < -0.4 is 5.32 Å². The number of urea groups is 1. The standard InChI is InChI=1S/C14H22N4O2/c1-11(2)15-14(20)18-9-7-17(8-10-18)13(19)12-5-4-6-16(12)3/h4-6,11H,7-10H2,1-3H3,(H,15,20). The van der Waals surface area contributed by atoms with E-state index in [1.165, 1.54) is 0 Å². The first-order chi connectivity index (χ1) is 9.49. The molecule has 1 aliphatic rings. The highest BCUT2D eigenvalue weighted by Gasteiger charge is 2.25. The average molecular weight is 278 g/mol. The maximum Gasteiger partial charge on any atom is 0.317 e. The maximum absolute atomic E-state index is 12.3. The van der Waals surface area contributed by atoms with Crippen molar-refractivity contribution in [2.45, 2.75) is 19.9 Å². The number of nitrogens with zero attached hydrogens (tertiary/aromatic N) is 3. The largest absolute Gasteiger partial charge is 0.347 e. The molecule has 0 aromatic carbocycles. The maximum atomic E-state index is 12.3. The number of hydrogen-bond donors (Lipinski definition) is 1. The fraction of sp³-hybridized carbons (Fsp3) is 0.571. The van der Waals surface area contributed by atoms with Gasteiger partial charge in [-0.3, -0.25) is 4.79 Å². The Labute approximate surface area is 119 Å². The summed E-state index contributed by atoms with van der Waals surface area (Å²) in [4.78, 5) is 27.8. The predicted octanol–water partition coefficient (Wildman–Crippen LogP) is 0.901. The van der Waals surface area contributed by atoms with Crippen LogP contribution in [0.1, 0.15) is 24.3 Å². The zero-order valence-corrected chi connectivity index (χ0v) is 12.3. The van der Waals surface area contributed by atoms with Gasteiger partial charge in [0, 0.05) is 45.5 Å². The lowest BCUT2D eigenvalue weighted by molar-refractivity contribution is 0.0654. The molecule has 20 heavy (non-hydrogen) atoms. The molecule has 0 saturated carbocycles. The highest BCUT2D eigenvalue weighted by atomic mass is 16.2. The zero-order chi connectivity index (χ0) is 14.7. The van der Waals surface area contributed by atoms with Crippen LogP contribution in [0.4, 0.5) is 4.79 Å². The summed E-state index contributed by atoms with van der Waals surface area (Å²) < 4.78 is 1.82. The molecule has 0 bridgehead atoms. The van der Waals surface area contributed by atoms with Crippen LogP contribution in [0.15, 0.2) is 18.3 Å². The Morgan fingerprint density at radius 2 is 1.75 bits per heavy atom. The first-order valence-corrected chi connectivity index (χ1v) is 6.95. The summed E-state index contributed by atoms with van der Waals surface area (Å²) in [5.74, 6) is 0.0291. The van der Waals surface area contributed by atoms with Gasteiger partial charge >= 0.3 is 6.03 Å². The minimum atomic E-state index is -0.0500. The second-order valence-electron chi connectivity index (χ2n) is 5.39. The number of piperazine rings is 1. The van der Waals surface area contributed by atoms with Crippen LogP contribution in [0.5, 0.6) is 0 Å². The second kappa shape index (κ2) is 5.98. The van der Waals surface area contributed by atoms with Gasteiger partial charge in [0.05, 0.1) is 0 Å². The van der Waals surface area contributed by atoms with Crippen molar-refractivity contribution in [1.82, 2.24) is 19.7 Å². The SMILES string of the molecule is CC(C)NC(=O)N1CCN(C(=O)c2cccn2C)CC1. The minimum absolute atomic E-state index is 0.0291. The highest BCUT2D eigenvalue weighted by Crippen LogP contribution is 2.09. The van der Waals surface area contributed by atoms with E-state index < -0.39 is 0 Å². The molecule has 0 spiro atoms. The number of carbonyl (C=O) groups excluding carboxylic acids is 2. The molecule has 110 valence electrons. The quantitative estimate of drug-likeness (QED) is 0.874. The van der Waals surface area contributed by atoms with Gasteiger partial charge in [-0.05, 0) is 26.0 Å². The Morgan fingerprint density at radius 3 is 2.25 bits per heavy atom. The van der Waals surface area contributed by atoms with E-state index in [1.54, 1.807) is 9.80 Å². The molecule has 6 nitrogen and oxygen atoms in total. The van der Waals surface area contributed by atoms with Crippen LogP contribution in [0.25, 0.3) is 0 Å². The van der Waals surface area contributed by atoms with Crippen molar-refractivity contribution in [3.8, 4) is 0 Å². The number of aromatic nitrogens is 1. The molecular formula is C14H22N4O2. The third-order valence-electron chi connectivity index (χ3n) is 3.43. The molecule has 1 fully saturated rings. The van der Waals surface area contributed by atoms with Crippen molar-refractivity contribution in [1.29, 1.82) is 0 Å². The highest BCUT2D eigenvalue weighted by molar-refractivity contribution is 5.93. The number of amides is 3. The summed E-state index contributed by atoms with van der Waals surface area (Å²) in [5, 5.41) is 2.87. The van der Waals surface area contributed by atoms with E-state index in [-0.39, 0.29) is 18.0 Å². The fourth-order valence-electron chi connectivity index (χ4n) is 2.30. The van der Waals surface area contributed by atoms with Crippen molar-refractivity contribution in [3.05, 3.63) is 24.0 Å². The van der Waals surface area contributed by atoms with Gasteiger partial charge in [-0.2, -0.15) is 0 Å². The minimum Gasteiger partial charge on any atom is -0.347 e. The number of nitrogens with one attached hydrogen (secondary N) is 1. The van der Waals surface area contributed by atoms with Gasteiger partial charge in [0.15, 0.2) is 0 Å². The number of hydrogen-bond acceptors (Lipinski definition) is 2. The molecule has 0 unspecified atom stereocenters. The molecule has 0 aliphatic carbocycles. The molecule has 3 amide bonds. The van der Waals surface area contributed by atoms with Gasteiger partial charge in [-0.15, -0.1) is 0 Å². The van der Waals surface area contributed by atoms with Crippen LogP contribution in [-0.2, 0) is 7.05 Å². The Bertz CT molecular complexity index is 487. The van der Waals surface area contributed by atoms with Gasteiger partial charge in [0.2, 0.25) is 0 Å². The van der Waals surface area contributed by atoms with Crippen LogP contribution in [0.3, 0.4) is 0 Å². The fourth-order valence-corrected chi connectivity index (χ4v) is 2.30. The summed E-state index contributed by atoms with van der Waals surface area (Å²) in [6.07, 6.45) is 1.86. The molecule has 1 aromatic heterocycles. The number of carbonyl (C=O) groups is 2. The lowest BCUT2D eigenvalue weighted by atomic mass is 10.3.